The number of nitrogens with zero attached hydrogens (tertiary/aromatic N) is 1. The highest BCUT2D eigenvalue weighted by Gasteiger charge is 2.19. The average molecular weight is 261 g/mol. The smallest absolute Gasteiger partial charge is 0.0807 e. The zero-order chi connectivity index (χ0) is 12.5. The van der Waals surface area contributed by atoms with E-state index in [0.717, 1.165) is 37.8 Å². The highest BCUT2D eigenvalue weighted by molar-refractivity contribution is 7.11. The van der Waals surface area contributed by atoms with Crippen molar-refractivity contribution in [2.24, 2.45) is 0 Å². The molecule has 0 aliphatic heterocycles. The van der Waals surface area contributed by atoms with Gasteiger partial charge in [-0.25, -0.2) is 0 Å². The van der Waals surface area contributed by atoms with Crippen molar-refractivity contribution in [3.63, 3.8) is 0 Å². The Morgan fingerprint density at radius 3 is 2.89 bits per heavy atom. The summed E-state index contributed by atoms with van der Waals surface area (Å²) in [4.78, 5) is 2.84. The minimum absolute atomic E-state index is 0.246. The van der Waals surface area contributed by atoms with Crippen molar-refractivity contribution in [2.45, 2.75) is 45.3 Å². The van der Waals surface area contributed by atoms with Crippen LogP contribution in [0.1, 0.15) is 46.8 Å². The van der Waals surface area contributed by atoms with Crippen molar-refractivity contribution in [1.82, 2.24) is 4.57 Å². The molecule has 0 spiro atoms. The maximum absolute atomic E-state index is 9.97. The molecule has 1 unspecified atom stereocenters. The van der Waals surface area contributed by atoms with Crippen molar-refractivity contribution in [3.05, 3.63) is 45.4 Å². The van der Waals surface area contributed by atoms with Gasteiger partial charge >= 0.3 is 0 Å². The van der Waals surface area contributed by atoms with Crippen LogP contribution >= 0.6 is 11.3 Å². The van der Waals surface area contributed by atoms with Crippen molar-refractivity contribution in [2.75, 3.05) is 0 Å². The first-order valence-corrected chi connectivity index (χ1v) is 7.52. The molecule has 1 atom stereocenters. The van der Waals surface area contributed by atoms with Crippen LogP contribution in [0.3, 0.4) is 0 Å². The molecule has 1 aliphatic rings. The van der Waals surface area contributed by atoms with Crippen LogP contribution in [0.25, 0.3) is 0 Å². The maximum atomic E-state index is 9.97. The predicted molar refractivity (Wildman–Crippen MR) is 75.1 cm³/mol. The van der Waals surface area contributed by atoms with Gasteiger partial charge in [0.1, 0.15) is 0 Å². The van der Waals surface area contributed by atoms with E-state index >= 15 is 0 Å². The van der Waals surface area contributed by atoms with Gasteiger partial charge in [0, 0.05) is 27.7 Å². The van der Waals surface area contributed by atoms with Gasteiger partial charge in [0.05, 0.1) is 12.6 Å². The van der Waals surface area contributed by atoms with E-state index in [1.54, 1.807) is 0 Å². The number of aliphatic hydroxyl groups excluding tert-OH is 1. The SMILES string of the molecule is CCc1ccc(Cn2cc3c(c2)C(O)CCC3)s1. The fourth-order valence-electron chi connectivity index (χ4n) is 2.69. The van der Waals surface area contributed by atoms with Crippen molar-refractivity contribution >= 4 is 11.3 Å². The van der Waals surface area contributed by atoms with E-state index in [4.69, 9.17) is 0 Å². The molecule has 3 heteroatoms. The molecule has 0 saturated carbocycles. The lowest BCUT2D eigenvalue weighted by atomic mass is 9.93. The summed E-state index contributed by atoms with van der Waals surface area (Å²) in [5.74, 6) is 0. The molecule has 0 bridgehead atoms. The number of hydrogen-bond acceptors (Lipinski definition) is 2. The summed E-state index contributed by atoms with van der Waals surface area (Å²) in [7, 11) is 0. The van der Waals surface area contributed by atoms with E-state index < -0.39 is 0 Å². The monoisotopic (exact) mass is 261 g/mol. The molecule has 2 aromatic heterocycles. The molecule has 0 radical (unpaired) electrons. The van der Waals surface area contributed by atoms with E-state index in [1.165, 1.54) is 15.3 Å². The summed E-state index contributed by atoms with van der Waals surface area (Å²) < 4.78 is 2.23. The van der Waals surface area contributed by atoms with E-state index in [2.05, 4.69) is 36.0 Å². The van der Waals surface area contributed by atoms with E-state index in [1.807, 2.05) is 11.3 Å². The number of fused-ring (bicyclic) bond motifs is 1. The molecular weight excluding hydrogens is 242 g/mol. The standard InChI is InChI=1S/C15H19NOS/c1-2-12-6-7-13(18-12)9-16-8-11-4-3-5-15(17)14(11)10-16/h6-8,10,15,17H,2-5,9H2,1H3. The van der Waals surface area contributed by atoms with Crippen LogP contribution < -0.4 is 0 Å². The van der Waals surface area contributed by atoms with Crippen LogP contribution in [0.5, 0.6) is 0 Å². The topological polar surface area (TPSA) is 25.2 Å². The Balaban J connectivity index is 1.81. The predicted octanol–water partition coefficient (Wildman–Crippen LogP) is 3.53. The second-order valence-electron chi connectivity index (χ2n) is 5.04. The highest BCUT2D eigenvalue weighted by atomic mass is 32.1. The van der Waals surface area contributed by atoms with Crippen LogP contribution in [-0.2, 0) is 19.4 Å². The Hall–Kier alpha value is -1.06. The van der Waals surface area contributed by atoms with Gasteiger partial charge < -0.3 is 9.67 Å². The van der Waals surface area contributed by atoms with Gasteiger partial charge in [0.25, 0.3) is 0 Å². The Labute approximate surface area is 112 Å². The lowest BCUT2D eigenvalue weighted by molar-refractivity contribution is 0.157. The van der Waals surface area contributed by atoms with E-state index in [0.29, 0.717) is 0 Å². The zero-order valence-corrected chi connectivity index (χ0v) is 11.5. The number of rotatable bonds is 3. The number of aryl methyl sites for hydroxylation is 2. The number of aromatic nitrogens is 1. The largest absolute Gasteiger partial charge is 0.388 e. The van der Waals surface area contributed by atoms with Gasteiger partial charge in [-0.3, -0.25) is 0 Å². The quantitative estimate of drug-likeness (QED) is 0.898. The normalized spacial score (nSPS) is 18.9. The first-order valence-electron chi connectivity index (χ1n) is 6.70. The molecule has 0 aromatic carbocycles. The minimum atomic E-state index is -0.246. The van der Waals surface area contributed by atoms with Gasteiger partial charge in [0.15, 0.2) is 0 Å². The number of thiophene rings is 1. The van der Waals surface area contributed by atoms with Gasteiger partial charge in [-0.2, -0.15) is 0 Å². The molecule has 2 heterocycles. The first-order chi connectivity index (χ1) is 8.76. The fraction of sp³-hybridized carbons (Fsp3) is 0.467. The number of aliphatic hydroxyl groups is 1. The van der Waals surface area contributed by atoms with Crippen molar-refractivity contribution < 1.29 is 5.11 Å². The van der Waals surface area contributed by atoms with E-state index in [-0.39, 0.29) is 6.10 Å². The number of hydrogen-bond donors (Lipinski definition) is 1. The molecule has 0 fully saturated rings. The molecule has 1 aliphatic carbocycles. The van der Waals surface area contributed by atoms with Crippen LogP contribution in [0.2, 0.25) is 0 Å². The van der Waals surface area contributed by atoms with Gasteiger partial charge in [0.2, 0.25) is 0 Å². The first kappa shape index (κ1) is 12.0. The molecule has 2 nitrogen and oxygen atoms in total. The molecule has 2 aromatic rings. The summed E-state index contributed by atoms with van der Waals surface area (Å²) in [6, 6.07) is 4.44. The molecule has 1 N–H and O–H groups in total. The Bertz CT molecular complexity index is 540. The third kappa shape index (κ3) is 2.25. The Morgan fingerprint density at radius 2 is 2.17 bits per heavy atom. The summed E-state index contributed by atoms with van der Waals surface area (Å²) >= 11 is 1.89. The van der Waals surface area contributed by atoms with Gasteiger partial charge in [-0.1, -0.05) is 6.92 Å². The van der Waals surface area contributed by atoms with Gasteiger partial charge in [-0.15, -0.1) is 11.3 Å². The summed E-state index contributed by atoms with van der Waals surface area (Å²) in [5.41, 5.74) is 2.48. The molecule has 96 valence electrons. The highest BCUT2D eigenvalue weighted by Crippen LogP contribution is 2.30. The van der Waals surface area contributed by atoms with Gasteiger partial charge in [-0.05, 0) is 43.4 Å². The summed E-state index contributed by atoms with van der Waals surface area (Å²) in [6.45, 7) is 3.13. The third-order valence-corrected chi connectivity index (χ3v) is 4.90. The average Bonchev–Trinajstić information content (AvgIpc) is 2.96. The van der Waals surface area contributed by atoms with Crippen LogP contribution in [0, 0.1) is 0 Å². The lowest BCUT2D eigenvalue weighted by Gasteiger charge is -2.16. The van der Waals surface area contributed by atoms with Crippen molar-refractivity contribution in [3.8, 4) is 0 Å². The Morgan fingerprint density at radius 1 is 1.33 bits per heavy atom. The molecule has 3 rings (SSSR count). The second-order valence-corrected chi connectivity index (χ2v) is 6.29. The molecule has 18 heavy (non-hydrogen) atoms. The summed E-state index contributed by atoms with van der Waals surface area (Å²) in [5, 5.41) is 9.97. The fourth-order valence-corrected chi connectivity index (χ4v) is 3.66. The maximum Gasteiger partial charge on any atom is 0.0807 e. The lowest BCUT2D eigenvalue weighted by Crippen LogP contribution is -2.05. The third-order valence-electron chi connectivity index (χ3n) is 3.68. The second kappa shape index (κ2) is 4.90. The van der Waals surface area contributed by atoms with Crippen molar-refractivity contribution in [1.29, 1.82) is 0 Å². The molecular formula is C15H19NOS. The minimum Gasteiger partial charge on any atom is -0.388 e. The van der Waals surface area contributed by atoms with Crippen LogP contribution in [0.4, 0.5) is 0 Å². The zero-order valence-electron chi connectivity index (χ0n) is 10.7. The van der Waals surface area contributed by atoms with Crippen LogP contribution in [0.15, 0.2) is 24.5 Å². The Kier molecular flexibility index (Phi) is 3.27. The summed E-state index contributed by atoms with van der Waals surface area (Å²) in [6.07, 6.45) is 8.35. The molecule has 0 saturated heterocycles. The molecule has 0 amide bonds. The van der Waals surface area contributed by atoms with E-state index in [9.17, 15) is 5.11 Å². The van der Waals surface area contributed by atoms with Crippen LogP contribution in [-0.4, -0.2) is 9.67 Å².